The van der Waals surface area contributed by atoms with Crippen molar-refractivity contribution in [2.45, 2.75) is 25.6 Å². The molecule has 0 radical (unpaired) electrons. The van der Waals surface area contributed by atoms with Crippen LogP contribution in [0, 0.1) is 0 Å². The Kier molecular flexibility index (Phi) is 4.25. The number of aromatic nitrogens is 6. The Morgan fingerprint density at radius 3 is 2.82 bits per heavy atom. The van der Waals surface area contributed by atoms with Crippen LogP contribution in [0.4, 0.5) is 13.2 Å². The molecule has 0 spiro atoms. The van der Waals surface area contributed by atoms with Crippen molar-refractivity contribution in [2.75, 3.05) is 0 Å². The number of benzene rings is 2. The Balaban J connectivity index is 1.40. The minimum absolute atomic E-state index is 0.133. The fourth-order valence-corrected chi connectivity index (χ4v) is 4.25. The maximum absolute atomic E-state index is 12.7. The number of H-pyrrole nitrogens is 1. The van der Waals surface area contributed by atoms with Crippen LogP contribution >= 0.6 is 0 Å². The molecule has 11 heteroatoms. The van der Waals surface area contributed by atoms with Gasteiger partial charge >= 0.3 is 6.36 Å². The van der Waals surface area contributed by atoms with E-state index in [1.807, 2.05) is 18.2 Å². The summed E-state index contributed by atoms with van der Waals surface area (Å²) >= 11 is 0. The van der Waals surface area contributed by atoms with E-state index < -0.39 is 12.1 Å². The zero-order valence-electron chi connectivity index (χ0n) is 16.9. The van der Waals surface area contributed by atoms with Crippen molar-refractivity contribution in [1.82, 2.24) is 29.9 Å². The summed E-state index contributed by atoms with van der Waals surface area (Å²) in [6.07, 6.45) is 1.01. The van der Waals surface area contributed by atoms with Crippen molar-refractivity contribution in [3.05, 3.63) is 60.3 Å². The van der Waals surface area contributed by atoms with E-state index in [9.17, 15) is 13.2 Å². The zero-order valence-corrected chi connectivity index (χ0v) is 16.9. The molecule has 0 unspecified atom stereocenters. The van der Waals surface area contributed by atoms with Crippen LogP contribution in [0.2, 0.25) is 0 Å². The number of ether oxygens (including phenoxy) is 1. The first-order valence-corrected chi connectivity index (χ1v) is 10.2. The molecule has 1 aliphatic carbocycles. The van der Waals surface area contributed by atoms with E-state index in [0.717, 1.165) is 35.7 Å². The molecule has 3 heterocycles. The molecule has 0 bridgehead atoms. The van der Waals surface area contributed by atoms with E-state index in [4.69, 9.17) is 4.52 Å². The van der Waals surface area contributed by atoms with E-state index in [1.165, 1.54) is 46.8 Å². The standard InChI is InChI=1S/C22H15F3N6O2/c23-22(24,25)32-13-5-6-15(19(9-13)31-11-26-10-27-31)21-29-20(30-33-21)12-4-7-18-16(8-12)14-2-1-3-17(14)28-18/h4-11,28H,1-3H2. The van der Waals surface area contributed by atoms with E-state index in [-0.39, 0.29) is 11.6 Å². The Morgan fingerprint density at radius 1 is 1.09 bits per heavy atom. The molecule has 0 saturated carbocycles. The first kappa shape index (κ1) is 19.5. The monoisotopic (exact) mass is 452 g/mol. The largest absolute Gasteiger partial charge is 0.573 e. The summed E-state index contributed by atoms with van der Waals surface area (Å²) in [5, 5.41) is 9.25. The first-order valence-electron chi connectivity index (χ1n) is 10.2. The summed E-state index contributed by atoms with van der Waals surface area (Å²) in [6, 6.07) is 9.71. The number of hydrogen-bond donors (Lipinski definition) is 1. The van der Waals surface area contributed by atoms with Gasteiger partial charge in [-0.1, -0.05) is 5.16 Å². The van der Waals surface area contributed by atoms with Crippen LogP contribution in [0.3, 0.4) is 0 Å². The van der Waals surface area contributed by atoms with Gasteiger partial charge in [0.05, 0.1) is 11.3 Å². The van der Waals surface area contributed by atoms with E-state index in [1.54, 1.807) is 0 Å². The molecule has 0 atom stereocenters. The maximum Gasteiger partial charge on any atom is 0.573 e. The van der Waals surface area contributed by atoms with Gasteiger partial charge in [-0.15, -0.1) is 13.2 Å². The lowest BCUT2D eigenvalue weighted by Gasteiger charge is -2.12. The summed E-state index contributed by atoms with van der Waals surface area (Å²) < 4.78 is 48.9. The second kappa shape index (κ2) is 7.19. The van der Waals surface area contributed by atoms with Gasteiger partial charge in [-0.2, -0.15) is 10.1 Å². The molecule has 166 valence electrons. The molecule has 33 heavy (non-hydrogen) atoms. The molecule has 0 saturated heterocycles. The smallest absolute Gasteiger partial charge is 0.406 e. The number of aryl methyl sites for hydroxylation is 2. The van der Waals surface area contributed by atoms with Gasteiger partial charge in [0.1, 0.15) is 18.4 Å². The second-order valence-corrected chi connectivity index (χ2v) is 7.69. The molecular weight excluding hydrogens is 437 g/mol. The van der Waals surface area contributed by atoms with Crippen LogP contribution in [0.25, 0.3) is 39.4 Å². The summed E-state index contributed by atoms with van der Waals surface area (Å²) in [7, 11) is 0. The highest BCUT2D eigenvalue weighted by atomic mass is 19.4. The predicted molar refractivity (Wildman–Crippen MR) is 111 cm³/mol. The average Bonchev–Trinajstić information content (AvgIpc) is 3.56. The first-order chi connectivity index (χ1) is 15.9. The minimum atomic E-state index is -4.82. The normalized spacial score (nSPS) is 13.5. The van der Waals surface area contributed by atoms with Crippen LogP contribution in [-0.4, -0.2) is 36.3 Å². The Bertz CT molecular complexity index is 1470. The number of alkyl halides is 3. The molecule has 0 aliphatic heterocycles. The van der Waals surface area contributed by atoms with Crippen LogP contribution in [-0.2, 0) is 12.8 Å². The molecule has 3 aromatic heterocycles. The third-order valence-corrected chi connectivity index (χ3v) is 5.63. The van der Waals surface area contributed by atoms with E-state index in [2.05, 4.69) is 29.9 Å². The quantitative estimate of drug-likeness (QED) is 0.419. The summed E-state index contributed by atoms with van der Waals surface area (Å²) in [4.78, 5) is 11.8. The molecule has 0 fully saturated rings. The molecule has 1 N–H and O–H groups in total. The van der Waals surface area contributed by atoms with Crippen molar-refractivity contribution >= 4 is 10.9 Å². The predicted octanol–water partition coefficient (Wildman–Crippen LogP) is 4.85. The Hall–Kier alpha value is -4.15. The maximum atomic E-state index is 12.7. The minimum Gasteiger partial charge on any atom is -0.406 e. The summed E-state index contributed by atoms with van der Waals surface area (Å²) in [5.74, 6) is 0.108. The van der Waals surface area contributed by atoms with Crippen LogP contribution in [0.15, 0.2) is 53.6 Å². The summed E-state index contributed by atoms with van der Waals surface area (Å²) in [6.45, 7) is 0. The third kappa shape index (κ3) is 3.51. The topological polar surface area (TPSA) is 94.7 Å². The number of nitrogens with zero attached hydrogens (tertiary/aromatic N) is 5. The van der Waals surface area contributed by atoms with E-state index in [0.29, 0.717) is 11.4 Å². The Morgan fingerprint density at radius 2 is 2.00 bits per heavy atom. The van der Waals surface area contributed by atoms with Crippen molar-refractivity contribution in [2.24, 2.45) is 0 Å². The second-order valence-electron chi connectivity index (χ2n) is 7.69. The number of halogens is 3. The SMILES string of the molecule is FC(F)(F)Oc1ccc(-c2nc(-c3ccc4[nH]c5c(c4c3)CCC5)no2)c(-n2cncn2)c1. The van der Waals surface area contributed by atoms with Crippen molar-refractivity contribution in [3.8, 4) is 34.3 Å². The molecular formula is C22H15F3N6O2. The average molecular weight is 452 g/mol. The highest BCUT2D eigenvalue weighted by Crippen LogP contribution is 2.35. The van der Waals surface area contributed by atoms with Crippen LogP contribution in [0.5, 0.6) is 5.75 Å². The molecule has 6 rings (SSSR count). The molecule has 2 aromatic carbocycles. The zero-order chi connectivity index (χ0) is 22.6. The van der Waals surface area contributed by atoms with Gasteiger partial charge in [-0.3, -0.25) is 0 Å². The van der Waals surface area contributed by atoms with Crippen molar-refractivity contribution in [1.29, 1.82) is 0 Å². The molecule has 8 nitrogen and oxygen atoms in total. The van der Waals surface area contributed by atoms with Crippen molar-refractivity contribution in [3.63, 3.8) is 0 Å². The summed E-state index contributed by atoms with van der Waals surface area (Å²) in [5.41, 5.74) is 5.09. The van der Waals surface area contributed by atoms with Gasteiger partial charge in [0.25, 0.3) is 5.89 Å². The van der Waals surface area contributed by atoms with Gasteiger partial charge in [-0.05, 0) is 55.2 Å². The van der Waals surface area contributed by atoms with Gasteiger partial charge in [0, 0.05) is 28.2 Å². The Labute approximate surface area is 184 Å². The van der Waals surface area contributed by atoms with E-state index >= 15 is 0 Å². The fraction of sp³-hybridized carbons (Fsp3) is 0.182. The number of aromatic amines is 1. The lowest BCUT2D eigenvalue weighted by atomic mass is 10.1. The van der Waals surface area contributed by atoms with Crippen LogP contribution < -0.4 is 4.74 Å². The highest BCUT2D eigenvalue weighted by Gasteiger charge is 2.31. The molecule has 5 aromatic rings. The number of fused-ring (bicyclic) bond motifs is 3. The van der Waals surface area contributed by atoms with Gasteiger partial charge in [0.2, 0.25) is 5.82 Å². The lowest BCUT2D eigenvalue weighted by molar-refractivity contribution is -0.274. The third-order valence-electron chi connectivity index (χ3n) is 5.63. The highest BCUT2D eigenvalue weighted by molar-refractivity contribution is 5.89. The number of rotatable bonds is 4. The number of nitrogens with one attached hydrogen (secondary N) is 1. The molecule has 0 amide bonds. The van der Waals surface area contributed by atoms with Gasteiger partial charge in [0.15, 0.2) is 0 Å². The van der Waals surface area contributed by atoms with Crippen LogP contribution in [0.1, 0.15) is 17.7 Å². The van der Waals surface area contributed by atoms with Gasteiger partial charge < -0.3 is 14.2 Å². The number of hydrogen-bond acceptors (Lipinski definition) is 6. The van der Waals surface area contributed by atoms with Gasteiger partial charge in [-0.25, -0.2) is 9.67 Å². The fourth-order valence-electron chi connectivity index (χ4n) is 4.25. The lowest BCUT2D eigenvalue weighted by Crippen LogP contribution is -2.17. The molecule has 1 aliphatic rings. The van der Waals surface area contributed by atoms with Crippen molar-refractivity contribution < 1.29 is 22.4 Å².